The van der Waals surface area contributed by atoms with E-state index in [0.29, 0.717) is 11.1 Å². The number of phenols is 1. The second kappa shape index (κ2) is 4.02. The highest BCUT2D eigenvalue weighted by atomic mass is 16.6. The molecule has 0 amide bonds. The Morgan fingerprint density at radius 3 is 2.12 bits per heavy atom. The van der Waals surface area contributed by atoms with Crippen LogP contribution in [0.3, 0.4) is 0 Å². The lowest BCUT2D eigenvalue weighted by molar-refractivity contribution is -0.384. The van der Waals surface area contributed by atoms with Crippen LogP contribution in [0.15, 0.2) is 48.5 Å². The van der Waals surface area contributed by atoms with Crippen LogP contribution in [-0.2, 0) is 0 Å². The highest BCUT2D eigenvalue weighted by Gasteiger charge is 2.15. The van der Waals surface area contributed by atoms with Crippen molar-refractivity contribution >= 4 is 5.69 Å². The van der Waals surface area contributed by atoms with Gasteiger partial charge in [-0.3, -0.25) is 10.1 Å². The maximum Gasteiger partial charge on any atom is 0.277 e. The van der Waals surface area contributed by atoms with E-state index in [2.05, 4.69) is 0 Å². The molecule has 0 atom stereocenters. The number of phenolic OH excluding ortho intramolecular Hbond substituents is 1. The summed E-state index contributed by atoms with van der Waals surface area (Å²) in [7, 11) is 0. The van der Waals surface area contributed by atoms with Crippen molar-refractivity contribution in [1.82, 2.24) is 0 Å². The Hall–Kier alpha value is -2.36. The Labute approximate surface area is 91.9 Å². The molecule has 16 heavy (non-hydrogen) atoms. The van der Waals surface area contributed by atoms with E-state index in [0.717, 1.165) is 0 Å². The maximum atomic E-state index is 10.8. The molecule has 0 bridgehead atoms. The molecule has 1 N–H and O–H groups in total. The highest BCUT2D eigenvalue weighted by Crippen LogP contribution is 2.34. The van der Waals surface area contributed by atoms with Crippen LogP contribution in [0.4, 0.5) is 5.69 Å². The molecule has 0 spiro atoms. The zero-order valence-corrected chi connectivity index (χ0v) is 8.33. The van der Waals surface area contributed by atoms with E-state index in [1.54, 1.807) is 36.4 Å². The third kappa shape index (κ3) is 1.72. The molecule has 4 nitrogen and oxygen atoms in total. The average molecular weight is 215 g/mol. The van der Waals surface area contributed by atoms with E-state index in [1.165, 1.54) is 12.1 Å². The summed E-state index contributed by atoms with van der Waals surface area (Å²) in [6, 6.07) is 12.9. The molecule has 0 radical (unpaired) electrons. The molecule has 4 heteroatoms. The topological polar surface area (TPSA) is 63.4 Å². The lowest BCUT2D eigenvalue weighted by Crippen LogP contribution is -1.91. The van der Waals surface area contributed by atoms with Crippen LogP contribution >= 0.6 is 0 Å². The number of nitro benzene ring substituents is 1. The SMILES string of the molecule is O=[N+]([O-])c1ccccc1-c1ccccc1O. The molecule has 2 aromatic carbocycles. The molecule has 0 aliphatic rings. The fourth-order valence-electron chi connectivity index (χ4n) is 1.56. The van der Waals surface area contributed by atoms with Crippen molar-refractivity contribution in [3.05, 3.63) is 58.6 Å². The molecule has 0 aliphatic heterocycles. The minimum Gasteiger partial charge on any atom is -0.507 e. The van der Waals surface area contributed by atoms with Gasteiger partial charge in [-0.25, -0.2) is 0 Å². The fourth-order valence-corrected chi connectivity index (χ4v) is 1.56. The Morgan fingerprint density at radius 1 is 0.938 bits per heavy atom. The van der Waals surface area contributed by atoms with E-state index in [-0.39, 0.29) is 11.4 Å². The van der Waals surface area contributed by atoms with E-state index in [4.69, 9.17) is 0 Å². The summed E-state index contributed by atoms with van der Waals surface area (Å²) in [5.41, 5.74) is 0.879. The van der Waals surface area contributed by atoms with Gasteiger partial charge in [0.1, 0.15) is 5.75 Å². The zero-order chi connectivity index (χ0) is 11.5. The van der Waals surface area contributed by atoms with Crippen LogP contribution in [0.25, 0.3) is 11.1 Å². The largest absolute Gasteiger partial charge is 0.507 e. The summed E-state index contributed by atoms with van der Waals surface area (Å²) in [6.07, 6.45) is 0. The number of benzene rings is 2. The van der Waals surface area contributed by atoms with Gasteiger partial charge in [-0.1, -0.05) is 30.3 Å². The third-order valence-electron chi connectivity index (χ3n) is 2.29. The smallest absolute Gasteiger partial charge is 0.277 e. The minimum atomic E-state index is -0.457. The Bertz CT molecular complexity index is 537. The van der Waals surface area contributed by atoms with Gasteiger partial charge < -0.3 is 5.11 Å². The summed E-state index contributed by atoms with van der Waals surface area (Å²) >= 11 is 0. The van der Waals surface area contributed by atoms with Crippen LogP contribution in [0.1, 0.15) is 0 Å². The number of para-hydroxylation sites is 2. The standard InChI is InChI=1S/C12H9NO3/c14-12-8-4-2-6-10(12)9-5-1-3-7-11(9)13(15)16/h1-8,14H. The summed E-state index contributed by atoms with van der Waals surface area (Å²) in [4.78, 5) is 10.4. The number of nitrogens with zero attached hydrogens (tertiary/aromatic N) is 1. The summed E-state index contributed by atoms with van der Waals surface area (Å²) < 4.78 is 0. The Morgan fingerprint density at radius 2 is 1.50 bits per heavy atom. The normalized spacial score (nSPS) is 10.0. The van der Waals surface area contributed by atoms with Crippen LogP contribution in [0.2, 0.25) is 0 Å². The quantitative estimate of drug-likeness (QED) is 0.618. The van der Waals surface area contributed by atoms with Gasteiger partial charge in [0.25, 0.3) is 5.69 Å². The molecule has 80 valence electrons. The minimum absolute atomic E-state index is 0.0102. The van der Waals surface area contributed by atoms with Gasteiger partial charge in [-0.15, -0.1) is 0 Å². The summed E-state index contributed by atoms with van der Waals surface area (Å²) in [5, 5.41) is 20.5. The molecule has 0 saturated carbocycles. The van der Waals surface area contributed by atoms with Crippen molar-refractivity contribution in [3.63, 3.8) is 0 Å². The van der Waals surface area contributed by atoms with Gasteiger partial charge >= 0.3 is 0 Å². The van der Waals surface area contributed by atoms with Gasteiger partial charge in [-0.2, -0.15) is 0 Å². The number of hydrogen-bond acceptors (Lipinski definition) is 3. The van der Waals surface area contributed by atoms with Crippen molar-refractivity contribution in [2.75, 3.05) is 0 Å². The van der Waals surface area contributed by atoms with Crippen molar-refractivity contribution in [3.8, 4) is 16.9 Å². The molecule has 0 aromatic heterocycles. The van der Waals surface area contributed by atoms with Gasteiger partial charge in [0.15, 0.2) is 0 Å². The summed E-state index contributed by atoms with van der Waals surface area (Å²) in [6.45, 7) is 0. The first kappa shape index (κ1) is 10.2. The van der Waals surface area contributed by atoms with E-state index in [9.17, 15) is 15.2 Å². The predicted octanol–water partition coefficient (Wildman–Crippen LogP) is 2.97. The molecular weight excluding hydrogens is 206 g/mol. The highest BCUT2D eigenvalue weighted by molar-refractivity contribution is 5.77. The monoisotopic (exact) mass is 215 g/mol. The lowest BCUT2D eigenvalue weighted by Gasteiger charge is -2.04. The first-order valence-corrected chi connectivity index (χ1v) is 4.72. The zero-order valence-electron chi connectivity index (χ0n) is 8.33. The molecule has 0 heterocycles. The molecule has 0 unspecified atom stereocenters. The number of aromatic hydroxyl groups is 1. The van der Waals surface area contributed by atoms with E-state index in [1.807, 2.05) is 0 Å². The Balaban J connectivity index is 2.65. The molecule has 0 fully saturated rings. The predicted molar refractivity (Wildman–Crippen MR) is 60.2 cm³/mol. The molecular formula is C12H9NO3. The van der Waals surface area contributed by atoms with Gasteiger partial charge in [0, 0.05) is 11.6 Å². The first-order valence-electron chi connectivity index (χ1n) is 4.72. The van der Waals surface area contributed by atoms with Crippen LogP contribution in [-0.4, -0.2) is 10.0 Å². The van der Waals surface area contributed by atoms with Gasteiger partial charge in [-0.05, 0) is 12.1 Å². The first-order chi connectivity index (χ1) is 7.70. The molecule has 2 rings (SSSR count). The van der Waals surface area contributed by atoms with Crippen molar-refractivity contribution in [2.45, 2.75) is 0 Å². The summed E-state index contributed by atoms with van der Waals surface area (Å²) in [5.74, 6) is 0.0387. The fraction of sp³-hybridized carbons (Fsp3) is 0. The van der Waals surface area contributed by atoms with Crippen LogP contribution < -0.4 is 0 Å². The maximum absolute atomic E-state index is 10.8. The van der Waals surface area contributed by atoms with Crippen LogP contribution in [0.5, 0.6) is 5.75 Å². The molecule has 0 aliphatic carbocycles. The van der Waals surface area contributed by atoms with Crippen LogP contribution in [0, 0.1) is 10.1 Å². The van der Waals surface area contributed by atoms with Crippen molar-refractivity contribution in [2.24, 2.45) is 0 Å². The van der Waals surface area contributed by atoms with Crippen molar-refractivity contribution in [1.29, 1.82) is 0 Å². The Kier molecular flexibility index (Phi) is 2.55. The van der Waals surface area contributed by atoms with Crippen molar-refractivity contribution < 1.29 is 10.0 Å². The van der Waals surface area contributed by atoms with E-state index >= 15 is 0 Å². The number of nitro groups is 1. The van der Waals surface area contributed by atoms with Gasteiger partial charge in [0.2, 0.25) is 0 Å². The number of rotatable bonds is 2. The average Bonchev–Trinajstić information content (AvgIpc) is 2.29. The molecule has 2 aromatic rings. The second-order valence-electron chi connectivity index (χ2n) is 3.29. The number of hydrogen-bond donors (Lipinski definition) is 1. The third-order valence-corrected chi connectivity index (χ3v) is 2.29. The van der Waals surface area contributed by atoms with E-state index < -0.39 is 4.92 Å². The second-order valence-corrected chi connectivity index (χ2v) is 3.29. The lowest BCUT2D eigenvalue weighted by atomic mass is 10.0. The van der Waals surface area contributed by atoms with Gasteiger partial charge in [0.05, 0.1) is 10.5 Å². The molecule has 0 saturated heterocycles.